The summed E-state index contributed by atoms with van der Waals surface area (Å²) >= 11 is 0. The highest BCUT2D eigenvalue weighted by Gasteiger charge is 2.47. The minimum Gasteiger partial charge on any atom is -0.497 e. The first-order chi connectivity index (χ1) is 16.2. The number of piperidine rings is 2. The number of benzene rings is 2. The van der Waals surface area contributed by atoms with Gasteiger partial charge in [0, 0.05) is 43.7 Å². The van der Waals surface area contributed by atoms with Gasteiger partial charge in [0.05, 0.1) is 19.3 Å². The van der Waals surface area contributed by atoms with Crippen LogP contribution < -0.4 is 14.4 Å². The van der Waals surface area contributed by atoms with Gasteiger partial charge >= 0.3 is 5.97 Å². The van der Waals surface area contributed by atoms with Crippen molar-refractivity contribution in [1.29, 1.82) is 0 Å². The van der Waals surface area contributed by atoms with Gasteiger partial charge < -0.3 is 24.0 Å². The van der Waals surface area contributed by atoms with Crippen LogP contribution in [0.5, 0.6) is 11.5 Å². The van der Waals surface area contributed by atoms with Gasteiger partial charge in [0.25, 0.3) is 0 Å². The summed E-state index contributed by atoms with van der Waals surface area (Å²) in [6, 6.07) is 14.1. The molecule has 33 heavy (non-hydrogen) atoms. The minimum atomic E-state index is -0.507. The molecule has 6 heteroatoms. The van der Waals surface area contributed by atoms with E-state index < -0.39 is 5.60 Å². The lowest BCUT2D eigenvalue weighted by atomic mass is 9.83. The highest BCUT2D eigenvalue weighted by Crippen LogP contribution is 2.45. The Labute approximate surface area is 196 Å². The van der Waals surface area contributed by atoms with E-state index in [0.29, 0.717) is 11.3 Å². The number of carbonyl (C=O) groups excluding carboxylic acids is 1. The Morgan fingerprint density at radius 3 is 2.39 bits per heavy atom. The van der Waals surface area contributed by atoms with Gasteiger partial charge in [0.2, 0.25) is 0 Å². The number of methoxy groups -OCH3 is 1. The molecule has 2 saturated heterocycles. The van der Waals surface area contributed by atoms with E-state index in [1.54, 1.807) is 13.2 Å². The van der Waals surface area contributed by atoms with Crippen LogP contribution in [0.15, 0.2) is 42.5 Å². The molecule has 0 unspecified atom stereocenters. The molecule has 5 rings (SSSR count). The number of ether oxygens (including phenoxy) is 3. The molecule has 2 aromatic rings. The van der Waals surface area contributed by atoms with Crippen molar-refractivity contribution in [3.05, 3.63) is 53.6 Å². The molecule has 2 fully saturated rings. The van der Waals surface area contributed by atoms with Gasteiger partial charge in [-0.1, -0.05) is 12.5 Å². The third-order valence-corrected chi connectivity index (χ3v) is 7.33. The van der Waals surface area contributed by atoms with Crippen molar-refractivity contribution < 1.29 is 19.0 Å². The summed E-state index contributed by atoms with van der Waals surface area (Å²) in [5, 5.41) is 0. The first-order valence-corrected chi connectivity index (χ1v) is 12.3. The van der Waals surface area contributed by atoms with Crippen LogP contribution in [0.2, 0.25) is 0 Å². The largest absolute Gasteiger partial charge is 0.497 e. The zero-order valence-electron chi connectivity index (χ0n) is 19.6. The molecule has 0 aromatic heterocycles. The fourth-order valence-electron chi connectivity index (χ4n) is 5.42. The van der Waals surface area contributed by atoms with Gasteiger partial charge in [0.1, 0.15) is 17.1 Å². The molecule has 0 atom stereocenters. The summed E-state index contributed by atoms with van der Waals surface area (Å²) in [5.74, 6) is 1.38. The Hall–Kier alpha value is -2.73. The maximum Gasteiger partial charge on any atom is 0.339 e. The minimum absolute atomic E-state index is 0.237. The van der Waals surface area contributed by atoms with Crippen molar-refractivity contribution >= 4 is 11.7 Å². The molecule has 0 radical (unpaired) electrons. The molecule has 0 bridgehead atoms. The number of rotatable bonds is 7. The van der Waals surface area contributed by atoms with E-state index in [2.05, 4.69) is 34.1 Å². The predicted octanol–water partition coefficient (Wildman–Crippen LogP) is 4.62. The lowest BCUT2D eigenvalue weighted by Crippen LogP contribution is -2.42. The number of hydrogen-bond acceptors (Lipinski definition) is 6. The van der Waals surface area contributed by atoms with E-state index in [1.807, 2.05) is 12.1 Å². The average molecular weight is 451 g/mol. The zero-order chi connectivity index (χ0) is 22.7. The molecule has 0 aliphatic carbocycles. The second-order valence-electron chi connectivity index (χ2n) is 9.38. The number of anilines is 1. The number of fused-ring (bicyclic) bond motifs is 2. The van der Waals surface area contributed by atoms with Crippen molar-refractivity contribution in [2.24, 2.45) is 0 Å². The lowest BCUT2D eigenvalue weighted by Gasteiger charge is -2.39. The van der Waals surface area contributed by atoms with Gasteiger partial charge in [-0.25, -0.2) is 4.79 Å². The van der Waals surface area contributed by atoms with Gasteiger partial charge in [-0.3, -0.25) is 0 Å². The van der Waals surface area contributed by atoms with Crippen LogP contribution in [0.25, 0.3) is 0 Å². The Kier molecular flexibility index (Phi) is 6.45. The molecular formula is C27H34N2O4. The molecule has 0 amide bonds. The number of likely N-dealkylation sites (tertiary alicyclic amines) is 1. The first-order valence-electron chi connectivity index (χ1n) is 12.3. The van der Waals surface area contributed by atoms with Crippen molar-refractivity contribution in [2.75, 3.05) is 51.3 Å². The molecule has 2 aromatic carbocycles. The zero-order valence-corrected chi connectivity index (χ0v) is 19.6. The third-order valence-electron chi connectivity index (χ3n) is 7.33. The van der Waals surface area contributed by atoms with Gasteiger partial charge in [-0.15, -0.1) is 0 Å². The summed E-state index contributed by atoms with van der Waals surface area (Å²) in [5.41, 5.74) is 2.32. The molecule has 3 aliphatic rings. The first kappa shape index (κ1) is 22.1. The van der Waals surface area contributed by atoms with Crippen molar-refractivity contribution in [2.45, 2.75) is 44.1 Å². The monoisotopic (exact) mass is 450 g/mol. The molecule has 0 N–H and O–H groups in total. The summed E-state index contributed by atoms with van der Waals surface area (Å²) in [6.45, 7) is 6.06. The molecule has 3 aliphatic heterocycles. The van der Waals surface area contributed by atoms with Gasteiger partial charge in [-0.2, -0.15) is 0 Å². The van der Waals surface area contributed by atoms with Crippen LogP contribution in [-0.2, 0) is 10.3 Å². The van der Waals surface area contributed by atoms with Crippen molar-refractivity contribution in [3.8, 4) is 11.5 Å². The quantitative estimate of drug-likeness (QED) is 0.453. The maximum atomic E-state index is 12.5. The summed E-state index contributed by atoms with van der Waals surface area (Å²) in [6.07, 6.45) is 6.69. The molecule has 0 saturated carbocycles. The number of carbonyl (C=O) groups is 1. The smallest absolute Gasteiger partial charge is 0.339 e. The normalized spacial score (nSPS) is 19.9. The average Bonchev–Trinajstić information content (AvgIpc) is 3.13. The highest BCUT2D eigenvalue weighted by molar-refractivity contribution is 5.95. The van der Waals surface area contributed by atoms with Crippen LogP contribution in [0.1, 0.15) is 54.4 Å². The fourth-order valence-corrected chi connectivity index (χ4v) is 5.42. The van der Waals surface area contributed by atoms with E-state index in [4.69, 9.17) is 14.2 Å². The van der Waals surface area contributed by atoms with Crippen LogP contribution in [-0.4, -0.2) is 57.3 Å². The van der Waals surface area contributed by atoms with Gasteiger partial charge in [0.15, 0.2) is 0 Å². The van der Waals surface area contributed by atoms with Crippen LogP contribution in [0.3, 0.4) is 0 Å². The van der Waals surface area contributed by atoms with Crippen LogP contribution in [0, 0.1) is 0 Å². The number of nitrogens with zero attached hydrogens (tertiary/aromatic N) is 2. The van der Waals surface area contributed by atoms with Crippen molar-refractivity contribution in [1.82, 2.24) is 4.90 Å². The van der Waals surface area contributed by atoms with E-state index in [9.17, 15) is 4.79 Å². The maximum absolute atomic E-state index is 12.5. The SMILES string of the molecule is COc1ccc2c(c1)C(=O)OC21CCN(c2ccc(OCCCN3CCCCC3)cc2)CC1. The molecule has 1 spiro atoms. The fraction of sp³-hybridized carbons (Fsp3) is 0.519. The van der Waals surface area contributed by atoms with E-state index in [1.165, 1.54) is 38.0 Å². The Morgan fingerprint density at radius 1 is 0.939 bits per heavy atom. The summed E-state index contributed by atoms with van der Waals surface area (Å²) in [4.78, 5) is 17.4. The van der Waals surface area contributed by atoms with E-state index >= 15 is 0 Å². The predicted molar refractivity (Wildman–Crippen MR) is 128 cm³/mol. The Balaban J connectivity index is 1.13. The summed E-state index contributed by atoms with van der Waals surface area (Å²) < 4.78 is 17.2. The number of hydrogen-bond donors (Lipinski definition) is 0. The molecule has 6 nitrogen and oxygen atoms in total. The van der Waals surface area contributed by atoms with Gasteiger partial charge in [-0.05, 0) is 68.8 Å². The van der Waals surface area contributed by atoms with Crippen molar-refractivity contribution in [3.63, 3.8) is 0 Å². The summed E-state index contributed by atoms with van der Waals surface area (Å²) in [7, 11) is 1.61. The molecule has 3 heterocycles. The van der Waals surface area contributed by atoms with Crippen LogP contribution >= 0.6 is 0 Å². The van der Waals surface area contributed by atoms with E-state index in [0.717, 1.165) is 56.8 Å². The Bertz CT molecular complexity index is 961. The molecule has 176 valence electrons. The Morgan fingerprint density at radius 2 is 1.67 bits per heavy atom. The lowest BCUT2D eigenvalue weighted by molar-refractivity contribution is -0.0210. The second-order valence-corrected chi connectivity index (χ2v) is 9.38. The highest BCUT2D eigenvalue weighted by atomic mass is 16.6. The van der Waals surface area contributed by atoms with E-state index in [-0.39, 0.29) is 5.97 Å². The van der Waals surface area contributed by atoms with Crippen LogP contribution in [0.4, 0.5) is 5.69 Å². The second kappa shape index (κ2) is 9.64. The topological polar surface area (TPSA) is 51.2 Å². The third kappa shape index (κ3) is 4.67. The molecular weight excluding hydrogens is 416 g/mol. The standard InChI is InChI=1S/C27H34N2O4/c1-31-23-10-11-25-24(20-23)26(30)33-27(25)12-17-29(18-13-27)21-6-8-22(9-7-21)32-19-5-16-28-14-3-2-4-15-28/h6-11,20H,2-5,12-19H2,1H3. The number of esters is 1.